The van der Waals surface area contributed by atoms with E-state index in [4.69, 9.17) is 0 Å². The van der Waals surface area contributed by atoms with Crippen LogP contribution in [0, 0.1) is 6.92 Å². The highest BCUT2D eigenvalue weighted by atomic mass is 32.1. The molecule has 1 heterocycles. The second-order valence-corrected chi connectivity index (χ2v) is 3.87. The molecule has 0 unspecified atom stereocenters. The van der Waals surface area contributed by atoms with Crippen LogP contribution in [0.1, 0.15) is 36.6 Å². The maximum Gasteiger partial charge on any atom is 0.0441 e. The number of unbranched alkanes of at least 4 members (excludes halogenated alkanes) is 2. The number of hydrogen-bond donors (Lipinski definition) is 0. The van der Waals surface area contributed by atoms with Gasteiger partial charge in [0.05, 0.1) is 0 Å². The summed E-state index contributed by atoms with van der Waals surface area (Å²) in [6, 6.07) is 0. The van der Waals surface area contributed by atoms with Gasteiger partial charge in [-0.3, -0.25) is 0 Å². The van der Waals surface area contributed by atoms with Crippen LogP contribution in [0.2, 0.25) is 0 Å². The third-order valence-electron chi connectivity index (χ3n) is 1.90. The average Bonchev–Trinajstić information content (AvgIpc) is 2.37. The maximum atomic E-state index is 4.14. The Bertz CT molecular complexity index is 205. The zero-order chi connectivity index (χ0) is 8.10. The molecule has 0 aliphatic rings. The minimum atomic E-state index is 1.22. The lowest BCUT2D eigenvalue weighted by molar-refractivity contribution is 0.716. The highest BCUT2D eigenvalue weighted by molar-refractivity contribution is 7.05. The molecule has 0 N–H and O–H groups in total. The second kappa shape index (κ2) is 4.50. The van der Waals surface area contributed by atoms with Gasteiger partial charge in [0.2, 0.25) is 0 Å². The number of rotatable bonds is 4. The van der Waals surface area contributed by atoms with E-state index in [2.05, 4.69) is 18.2 Å². The Hall–Kier alpha value is -0.370. The summed E-state index contributed by atoms with van der Waals surface area (Å²) in [6.45, 7) is 4.39. The molecule has 1 aromatic rings. The largest absolute Gasteiger partial charge is 0.201 e. The van der Waals surface area contributed by atoms with E-state index in [1.165, 1.54) is 36.1 Å². The minimum absolute atomic E-state index is 1.22. The van der Waals surface area contributed by atoms with E-state index in [1.807, 2.05) is 6.20 Å². The first-order chi connectivity index (χ1) is 5.34. The molecule has 0 aliphatic heterocycles. The third kappa shape index (κ3) is 2.62. The number of aromatic nitrogens is 1. The Kier molecular flexibility index (Phi) is 3.57. The molecule has 0 aliphatic carbocycles. The van der Waals surface area contributed by atoms with Crippen molar-refractivity contribution in [2.24, 2.45) is 0 Å². The maximum absolute atomic E-state index is 4.14. The van der Waals surface area contributed by atoms with E-state index in [0.29, 0.717) is 0 Å². The SMILES string of the molecule is CCCCCc1cnsc1C. The number of aryl methyl sites for hydroxylation is 2. The van der Waals surface area contributed by atoms with Gasteiger partial charge in [-0.1, -0.05) is 19.8 Å². The van der Waals surface area contributed by atoms with Crippen LogP contribution in [0.15, 0.2) is 6.20 Å². The highest BCUT2D eigenvalue weighted by Gasteiger charge is 1.98. The lowest BCUT2D eigenvalue weighted by Gasteiger charge is -1.96. The monoisotopic (exact) mass is 169 g/mol. The summed E-state index contributed by atoms with van der Waals surface area (Å²) in [7, 11) is 0. The lowest BCUT2D eigenvalue weighted by Crippen LogP contribution is -1.83. The molecule has 0 aromatic carbocycles. The Labute approximate surface area is 72.6 Å². The molecule has 0 saturated heterocycles. The zero-order valence-corrected chi connectivity index (χ0v) is 8.08. The molecule has 0 saturated carbocycles. The first-order valence-electron chi connectivity index (χ1n) is 4.24. The van der Waals surface area contributed by atoms with Gasteiger partial charge in [0.15, 0.2) is 0 Å². The van der Waals surface area contributed by atoms with Crippen molar-refractivity contribution in [3.63, 3.8) is 0 Å². The Morgan fingerprint density at radius 1 is 1.45 bits per heavy atom. The molecular formula is C9H15NS. The first-order valence-corrected chi connectivity index (χ1v) is 5.02. The smallest absolute Gasteiger partial charge is 0.0441 e. The molecule has 11 heavy (non-hydrogen) atoms. The molecule has 0 radical (unpaired) electrons. The molecule has 2 heteroatoms. The van der Waals surface area contributed by atoms with Crippen LogP contribution in [-0.2, 0) is 6.42 Å². The predicted octanol–water partition coefficient (Wildman–Crippen LogP) is 3.18. The van der Waals surface area contributed by atoms with Gasteiger partial charge in [-0.05, 0) is 36.9 Å². The Morgan fingerprint density at radius 2 is 2.27 bits per heavy atom. The van der Waals surface area contributed by atoms with Crippen molar-refractivity contribution < 1.29 is 0 Å². The summed E-state index contributed by atoms with van der Waals surface area (Å²) in [6.07, 6.45) is 7.19. The first kappa shape index (κ1) is 8.72. The van der Waals surface area contributed by atoms with Gasteiger partial charge < -0.3 is 0 Å². The van der Waals surface area contributed by atoms with Gasteiger partial charge in [0, 0.05) is 11.1 Å². The fourth-order valence-corrected chi connectivity index (χ4v) is 1.73. The normalized spacial score (nSPS) is 10.4. The van der Waals surface area contributed by atoms with Gasteiger partial charge in [-0.2, -0.15) is 0 Å². The van der Waals surface area contributed by atoms with Crippen LogP contribution in [0.4, 0.5) is 0 Å². The van der Waals surface area contributed by atoms with Crippen molar-refractivity contribution in [3.8, 4) is 0 Å². The van der Waals surface area contributed by atoms with Gasteiger partial charge in [-0.15, -0.1) is 0 Å². The van der Waals surface area contributed by atoms with Crippen molar-refractivity contribution in [2.75, 3.05) is 0 Å². The predicted molar refractivity (Wildman–Crippen MR) is 50.1 cm³/mol. The van der Waals surface area contributed by atoms with Crippen molar-refractivity contribution in [1.29, 1.82) is 0 Å². The summed E-state index contributed by atoms with van der Waals surface area (Å²) in [5.74, 6) is 0. The topological polar surface area (TPSA) is 12.9 Å². The van der Waals surface area contributed by atoms with Crippen molar-refractivity contribution >= 4 is 11.5 Å². The molecule has 0 amide bonds. The molecule has 62 valence electrons. The summed E-state index contributed by atoms with van der Waals surface area (Å²) in [4.78, 5) is 1.39. The fraction of sp³-hybridized carbons (Fsp3) is 0.667. The summed E-state index contributed by atoms with van der Waals surface area (Å²) >= 11 is 1.61. The number of nitrogens with zero attached hydrogens (tertiary/aromatic N) is 1. The molecule has 0 atom stereocenters. The summed E-state index contributed by atoms with van der Waals surface area (Å²) in [5.41, 5.74) is 1.45. The minimum Gasteiger partial charge on any atom is -0.201 e. The van der Waals surface area contributed by atoms with Crippen LogP contribution in [0.25, 0.3) is 0 Å². The van der Waals surface area contributed by atoms with Crippen LogP contribution in [0.5, 0.6) is 0 Å². The summed E-state index contributed by atoms with van der Waals surface area (Å²) in [5, 5.41) is 0. The molecular weight excluding hydrogens is 154 g/mol. The fourth-order valence-electron chi connectivity index (χ4n) is 1.12. The Balaban J connectivity index is 2.32. The van der Waals surface area contributed by atoms with Crippen LogP contribution >= 0.6 is 11.5 Å². The lowest BCUT2D eigenvalue weighted by atomic mass is 10.1. The van der Waals surface area contributed by atoms with E-state index >= 15 is 0 Å². The van der Waals surface area contributed by atoms with Crippen LogP contribution in [-0.4, -0.2) is 4.37 Å². The standard InChI is InChI=1S/C9H15NS/c1-3-4-5-6-9-7-10-11-8(9)2/h7H,3-6H2,1-2H3. The molecule has 0 bridgehead atoms. The molecule has 1 rings (SSSR count). The van der Waals surface area contributed by atoms with Crippen LogP contribution in [0.3, 0.4) is 0 Å². The van der Waals surface area contributed by atoms with Gasteiger partial charge in [-0.25, -0.2) is 4.37 Å². The number of hydrogen-bond acceptors (Lipinski definition) is 2. The van der Waals surface area contributed by atoms with Crippen molar-refractivity contribution in [3.05, 3.63) is 16.6 Å². The molecule has 0 fully saturated rings. The quantitative estimate of drug-likeness (QED) is 0.631. The molecule has 0 spiro atoms. The van der Waals surface area contributed by atoms with E-state index in [-0.39, 0.29) is 0 Å². The van der Waals surface area contributed by atoms with Gasteiger partial charge >= 0.3 is 0 Å². The van der Waals surface area contributed by atoms with Crippen LogP contribution < -0.4 is 0 Å². The second-order valence-electron chi connectivity index (χ2n) is 2.86. The van der Waals surface area contributed by atoms with E-state index in [1.54, 1.807) is 11.5 Å². The Morgan fingerprint density at radius 3 is 2.82 bits per heavy atom. The summed E-state index contributed by atoms with van der Waals surface area (Å²) < 4.78 is 4.14. The van der Waals surface area contributed by atoms with Crippen molar-refractivity contribution in [2.45, 2.75) is 39.5 Å². The third-order valence-corrected chi connectivity index (χ3v) is 2.65. The molecule has 1 aromatic heterocycles. The molecule has 1 nitrogen and oxygen atoms in total. The average molecular weight is 169 g/mol. The van der Waals surface area contributed by atoms with E-state index in [0.717, 1.165) is 0 Å². The van der Waals surface area contributed by atoms with Gasteiger partial charge in [0.1, 0.15) is 0 Å². The van der Waals surface area contributed by atoms with Gasteiger partial charge in [0.25, 0.3) is 0 Å². The zero-order valence-electron chi connectivity index (χ0n) is 7.26. The van der Waals surface area contributed by atoms with Crippen molar-refractivity contribution in [1.82, 2.24) is 4.37 Å². The van der Waals surface area contributed by atoms with E-state index in [9.17, 15) is 0 Å². The van der Waals surface area contributed by atoms with E-state index < -0.39 is 0 Å². The highest BCUT2D eigenvalue weighted by Crippen LogP contribution is 2.14.